The Morgan fingerprint density at radius 3 is 2.93 bits per heavy atom. The number of nitrogen functional groups attached to an aromatic ring is 1. The fourth-order valence-electron chi connectivity index (χ4n) is 1.04. The van der Waals surface area contributed by atoms with E-state index in [1.54, 1.807) is 7.05 Å². The van der Waals surface area contributed by atoms with E-state index in [-0.39, 0.29) is 17.9 Å². The monoisotopic (exact) mass is 214 g/mol. The van der Waals surface area contributed by atoms with Crippen LogP contribution in [0.3, 0.4) is 0 Å². The summed E-state index contributed by atoms with van der Waals surface area (Å²) in [5.41, 5.74) is 5.91. The number of nitrogens with one attached hydrogen (secondary N) is 1. The van der Waals surface area contributed by atoms with Crippen LogP contribution >= 0.6 is 0 Å². The molecule has 7 nitrogen and oxygen atoms in total. The van der Waals surface area contributed by atoms with E-state index in [0.717, 1.165) is 0 Å². The molecule has 1 amide bonds. The molecule has 0 aliphatic carbocycles. The van der Waals surface area contributed by atoms with E-state index >= 15 is 0 Å². The van der Waals surface area contributed by atoms with Crippen molar-refractivity contribution in [3.05, 3.63) is 11.9 Å². The Hall–Kier alpha value is -1.60. The third-order valence-corrected chi connectivity index (χ3v) is 1.78. The van der Waals surface area contributed by atoms with Crippen molar-refractivity contribution in [2.24, 2.45) is 7.05 Å². The Kier molecular flexibility index (Phi) is 3.64. The van der Waals surface area contributed by atoms with E-state index in [2.05, 4.69) is 10.4 Å². The Bertz CT molecular complexity index is 350. The quantitative estimate of drug-likeness (QED) is 0.467. The van der Waals surface area contributed by atoms with Gasteiger partial charge in [-0.2, -0.15) is 5.10 Å². The number of aliphatic hydroxyl groups excluding tert-OH is 2. The smallest absolute Gasteiger partial charge is 0.274 e. The van der Waals surface area contributed by atoms with E-state index in [9.17, 15) is 4.79 Å². The molecule has 1 rings (SSSR count). The van der Waals surface area contributed by atoms with Crippen LogP contribution in [0.15, 0.2) is 6.20 Å². The molecule has 0 radical (unpaired) electrons. The highest BCUT2D eigenvalue weighted by molar-refractivity contribution is 5.96. The first-order chi connectivity index (χ1) is 7.04. The highest BCUT2D eigenvalue weighted by atomic mass is 16.3. The van der Waals surface area contributed by atoms with Gasteiger partial charge in [0.1, 0.15) is 0 Å². The third-order valence-electron chi connectivity index (χ3n) is 1.78. The normalized spacial score (nSPS) is 12.5. The maximum atomic E-state index is 11.4. The Labute approximate surface area is 86.5 Å². The molecule has 0 spiro atoms. The summed E-state index contributed by atoms with van der Waals surface area (Å²) in [7, 11) is 1.65. The third kappa shape index (κ3) is 2.93. The number of nitrogens with two attached hydrogens (primary N) is 1. The van der Waals surface area contributed by atoms with Crippen molar-refractivity contribution in [1.29, 1.82) is 0 Å². The highest BCUT2D eigenvalue weighted by Crippen LogP contribution is 2.07. The molecule has 0 aliphatic heterocycles. The largest absolute Gasteiger partial charge is 0.396 e. The highest BCUT2D eigenvalue weighted by Gasteiger charge is 2.14. The van der Waals surface area contributed by atoms with Gasteiger partial charge in [0.25, 0.3) is 5.91 Å². The number of rotatable bonds is 4. The van der Waals surface area contributed by atoms with Gasteiger partial charge in [-0.1, -0.05) is 0 Å². The first-order valence-corrected chi connectivity index (χ1v) is 4.40. The van der Waals surface area contributed by atoms with Crippen molar-refractivity contribution in [2.45, 2.75) is 6.10 Å². The minimum absolute atomic E-state index is 0.0364. The lowest BCUT2D eigenvalue weighted by atomic mass is 10.3. The van der Waals surface area contributed by atoms with Gasteiger partial charge >= 0.3 is 0 Å². The Morgan fingerprint density at radius 2 is 2.47 bits per heavy atom. The zero-order valence-electron chi connectivity index (χ0n) is 8.34. The van der Waals surface area contributed by atoms with Gasteiger partial charge < -0.3 is 21.3 Å². The summed E-state index contributed by atoms with van der Waals surface area (Å²) in [4.78, 5) is 11.4. The molecule has 1 atom stereocenters. The molecular formula is C8H14N4O3. The second kappa shape index (κ2) is 4.76. The zero-order valence-corrected chi connectivity index (χ0v) is 8.34. The van der Waals surface area contributed by atoms with Crippen molar-refractivity contribution in [2.75, 3.05) is 18.9 Å². The number of hydrogen-bond acceptors (Lipinski definition) is 5. The molecule has 0 fully saturated rings. The van der Waals surface area contributed by atoms with Crippen LogP contribution in [0.5, 0.6) is 0 Å². The fourth-order valence-corrected chi connectivity index (χ4v) is 1.04. The summed E-state index contributed by atoms with van der Waals surface area (Å²) in [6, 6.07) is 0. The predicted octanol–water partition coefficient (Wildman–Crippen LogP) is -1.91. The molecule has 5 N–H and O–H groups in total. The summed E-state index contributed by atoms with van der Waals surface area (Å²) in [5, 5.41) is 23.8. The molecular weight excluding hydrogens is 200 g/mol. The van der Waals surface area contributed by atoms with Gasteiger partial charge in [-0.05, 0) is 0 Å². The number of hydrogen-bond donors (Lipinski definition) is 4. The summed E-state index contributed by atoms with van der Waals surface area (Å²) >= 11 is 0. The minimum Gasteiger partial charge on any atom is -0.396 e. The van der Waals surface area contributed by atoms with E-state index in [0.29, 0.717) is 0 Å². The van der Waals surface area contributed by atoms with Crippen LogP contribution in [0, 0.1) is 0 Å². The summed E-state index contributed by atoms with van der Waals surface area (Å²) in [6.07, 6.45) is 0.538. The molecule has 15 heavy (non-hydrogen) atoms. The summed E-state index contributed by atoms with van der Waals surface area (Å²) in [6.45, 7) is -0.441. The van der Waals surface area contributed by atoms with Crippen LogP contribution in [-0.2, 0) is 7.05 Å². The Morgan fingerprint density at radius 1 is 1.80 bits per heavy atom. The van der Waals surface area contributed by atoms with Gasteiger partial charge in [-0.25, -0.2) is 0 Å². The van der Waals surface area contributed by atoms with Crippen LogP contribution in [0.4, 0.5) is 5.69 Å². The molecule has 1 unspecified atom stereocenters. The van der Waals surface area contributed by atoms with Crippen LogP contribution in [0.2, 0.25) is 0 Å². The molecule has 1 aromatic heterocycles. The maximum absolute atomic E-state index is 11.4. The van der Waals surface area contributed by atoms with Gasteiger partial charge in [0.05, 0.1) is 18.4 Å². The standard InChI is InChI=1S/C8H14N4O3/c1-12-3-6(9)7(11-12)8(15)10-2-5(14)4-13/h3,5,13-14H,2,4,9H2,1H3,(H,10,15). The summed E-state index contributed by atoms with van der Waals surface area (Å²) in [5.74, 6) is -0.472. The van der Waals surface area contributed by atoms with Crippen LogP contribution in [-0.4, -0.2) is 45.2 Å². The van der Waals surface area contributed by atoms with Crippen molar-refractivity contribution in [1.82, 2.24) is 15.1 Å². The van der Waals surface area contributed by atoms with Gasteiger partial charge in [0.15, 0.2) is 5.69 Å². The molecule has 0 aromatic carbocycles. The van der Waals surface area contributed by atoms with Crippen molar-refractivity contribution in [3.8, 4) is 0 Å². The predicted molar refractivity (Wildman–Crippen MR) is 53.0 cm³/mol. The van der Waals surface area contributed by atoms with Crippen molar-refractivity contribution >= 4 is 11.6 Å². The van der Waals surface area contributed by atoms with Gasteiger partial charge in [-0.15, -0.1) is 0 Å². The number of carbonyl (C=O) groups is 1. The van der Waals surface area contributed by atoms with Crippen LogP contribution in [0.1, 0.15) is 10.5 Å². The minimum atomic E-state index is -0.973. The average molecular weight is 214 g/mol. The number of aromatic nitrogens is 2. The maximum Gasteiger partial charge on any atom is 0.274 e. The average Bonchev–Trinajstić information content (AvgIpc) is 2.53. The van der Waals surface area contributed by atoms with E-state index in [4.69, 9.17) is 15.9 Å². The lowest BCUT2D eigenvalue weighted by molar-refractivity contribution is 0.0799. The van der Waals surface area contributed by atoms with Crippen LogP contribution in [0.25, 0.3) is 0 Å². The van der Waals surface area contributed by atoms with Gasteiger partial charge in [0.2, 0.25) is 0 Å². The first-order valence-electron chi connectivity index (χ1n) is 4.40. The fraction of sp³-hybridized carbons (Fsp3) is 0.500. The number of nitrogens with zero attached hydrogens (tertiary/aromatic N) is 2. The number of aryl methyl sites for hydroxylation is 1. The second-order valence-electron chi connectivity index (χ2n) is 3.15. The molecule has 1 heterocycles. The molecule has 0 saturated heterocycles. The molecule has 0 saturated carbocycles. The Balaban J connectivity index is 2.58. The SMILES string of the molecule is Cn1cc(N)c(C(=O)NCC(O)CO)n1. The lowest BCUT2D eigenvalue weighted by Gasteiger charge is -2.07. The van der Waals surface area contributed by atoms with E-state index < -0.39 is 18.6 Å². The molecule has 1 aromatic rings. The second-order valence-corrected chi connectivity index (χ2v) is 3.15. The topological polar surface area (TPSA) is 113 Å². The molecule has 84 valence electrons. The zero-order chi connectivity index (χ0) is 11.4. The van der Waals surface area contributed by atoms with Crippen LogP contribution < -0.4 is 11.1 Å². The number of aliphatic hydroxyl groups is 2. The van der Waals surface area contributed by atoms with Gasteiger partial charge in [-0.3, -0.25) is 9.48 Å². The van der Waals surface area contributed by atoms with Crippen molar-refractivity contribution < 1.29 is 15.0 Å². The molecule has 0 bridgehead atoms. The number of carbonyl (C=O) groups excluding carboxylic acids is 1. The lowest BCUT2D eigenvalue weighted by Crippen LogP contribution is -2.34. The van der Waals surface area contributed by atoms with Crippen molar-refractivity contribution in [3.63, 3.8) is 0 Å². The first kappa shape index (κ1) is 11.5. The van der Waals surface area contributed by atoms with E-state index in [1.165, 1.54) is 10.9 Å². The summed E-state index contributed by atoms with van der Waals surface area (Å²) < 4.78 is 1.42. The molecule has 7 heteroatoms. The van der Waals surface area contributed by atoms with Gasteiger partial charge in [0, 0.05) is 19.8 Å². The number of amides is 1. The van der Waals surface area contributed by atoms with E-state index in [1.807, 2.05) is 0 Å². The number of anilines is 1. The molecule has 0 aliphatic rings.